The summed E-state index contributed by atoms with van der Waals surface area (Å²) in [5.41, 5.74) is 2.40. The summed E-state index contributed by atoms with van der Waals surface area (Å²) in [7, 11) is 0. The average Bonchev–Trinajstić information content (AvgIpc) is 3.16. The van der Waals surface area contributed by atoms with Crippen LogP contribution in [-0.4, -0.2) is 47.3 Å². The summed E-state index contributed by atoms with van der Waals surface area (Å²) in [5, 5.41) is 0. The Labute approximate surface area is 167 Å². The molecule has 148 valence electrons. The third-order valence-corrected chi connectivity index (χ3v) is 5.27. The maximum absolute atomic E-state index is 12.9. The highest BCUT2D eigenvalue weighted by atomic mass is 16.5. The van der Waals surface area contributed by atoms with Crippen molar-refractivity contribution in [3.8, 4) is 0 Å². The molecular formula is C22H20N2O5. The van der Waals surface area contributed by atoms with Crippen LogP contribution in [0.4, 0.5) is 5.69 Å². The van der Waals surface area contributed by atoms with Crippen molar-refractivity contribution < 1.29 is 23.9 Å². The number of esters is 1. The van der Waals surface area contributed by atoms with Crippen LogP contribution in [0.3, 0.4) is 0 Å². The van der Waals surface area contributed by atoms with Crippen molar-refractivity contribution in [3.63, 3.8) is 0 Å². The first-order valence-electron chi connectivity index (χ1n) is 9.44. The maximum Gasteiger partial charge on any atom is 0.326 e. The van der Waals surface area contributed by atoms with Crippen LogP contribution >= 0.6 is 0 Å². The van der Waals surface area contributed by atoms with Crippen LogP contribution in [-0.2, 0) is 20.7 Å². The molecule has 0 fully saturated rings. The molecule has 4 rings (SSSR count). The number of hydrogen-bond donors (Lipinski definition) is 0. The predicted molar refractivity (Wildman–Crippen MR) is 104 cm³/mol. The average molecular weight is 392 g/mol. The van der Waals surface area contributed by atoms with E-state index >= 15 is 0 Å². The van der Waals surface area contributed by atoms with Crippen LogP contribution in [0.25, 0.3) is 0 Å². The maximum atomic E-state index is 12.9. The molecule has 7 nitrogen and oxygen atoms in total. The van der Waals surface area contributed by atoms with Crippen LogP contribution in [0.2, 0.25) is 0 Å². The first-order valence-corrected chi connectivity index (χ1v) is 9.44. The Bertz CT molecular complexity index is 996. The molecular weight excluding hydrogens is 372 g/mol. The van der Waals surface area contributed by atoms with Gasteiger partial charge in [0, 0.05) is 11.7 Å². The number of amides is 3. The van der Waals surface area contributed by atoms with Crippen LogP contribution < -0.4 is 4.90 Å². The number of carbonyl (C=O) groups is 4. The Morgan fingerprint density at radius 3 is 2.28 bits per heavy atom. The smallest absolute Gasteiger partial charge is 0.326 e. The van der Waals surface area contributed by atoms with Crippen molar-refractivity contribution in [1.29, 1.82) is 0 Å². The van der Waals surface area contributed by atoms with E-state index in [1.165, 1.54) is 6.92 Å². The second-order valence-corrected chi connectivity index (χ2v) is 7.26. The molecule has 0 aliphatic carbocycles. The Balaban J connectivity index is 1.42. The van der Waals surface area contributed by atoms with E-state index < -0.39 is 30.4 Å². The highest BCUT2D eigenvalue weighted by Crippen LogP contribution is 2.32. The number of rotatable bonds is 4. The SMILES string of the molecule is C[C@H](OC(=O)CN1C(=O)c2ccccc2C1=O)C(=O)N1c2ccccc2C[C@@H]1C. The molecule has 7 heteroatoms. The minimum absolute atomic E-state index is 0.0442. The van der Waals surface area contributed by atoms with Gasteiger partial charge in [0.15, 0.2) is 6.10 Å². The molecule has 0 N–H and O–H groups in total. The fraction of sp³-hybridized carbons (Fsp3) is 0.273. The molecule has 0 spiro atoms. The fourth-order valence-corrected chi connectivity index (χ4v) is 3.89. The highest BCUT2D eigenvalue weighted by Gasteiger charge is 2.38. The molecule has 2 aromatic carbocycles. The van der Waals surface area contributed by atoms with Crippen LogP contribution in [0.15, 0.2) is 48.5 Å². The number of hydrogen-bond acceptors (Lipinski definition) is 5. The van der Waals surface area contributed by atoms with E-state index in [1.54, 1.807) is 29.2 Å². The van der Waals surface area contributed by atoms with Gasteiger partial charge in [-0.05, 0) is 44.0 Å². The first-order chi connectivity index (χ1) is 13.9. The van der Waals surface area contributed by atoms with E-state index in [9.17, 15) is 19.2 Å². The van der Waals surface area contributed by atoms with Gasteiger partial charge in [0.05, 0.1) is 11.1 Å². The number of benzene rings is 2. The van der Waals surface area contributed by atoms with Crippen LogP contribution in [0.1, 0.15) is 40.1 Å². The van der Waals surface area contributed by atoms with Crippen molar-refractivity contribution in [1.82, 2.24) is 4.90 Å². The van der Waals surface area contributed by atoms with Crippen LogP contribution in [0.5, 0.6) is 0 Å². The standard InChI is InChI=1S/C22H20N2O5/c1-13-11-15-7-3-6-10-18(15)24(13)20(26)14(2)29-19(25)12-23-21(27)16-8-4-5-9-17(16)22(23)28/h3-10,13-14H,11-12H2,1-2H3/t13-,14-/m0/s1. The molecule has 0 unspecified atom stereocenters. The molecule has 0 bridgehead atoms. The molecule has 2 aliphatic heterocycles. The van der Waals surface area contributed by atoms with Gasteiger partial charge in [0.2, 0.25) is 0 Å². The Hall–Kier alpha value is -3.48. The number of para-hydroxylation sites is 1. The summed E-state index contributed by atoms with van der Waals surface area (Å²) >= 11 is 0. The fourth-order valence-electron chi connectivity index (χ4n) is 3.89. The van der Waals surface area contributed by atoms with Crippen molar-refractivity contribution in [2.45, 2.75) is 32.4 Å². The third kappa shape index (κ3) is 3.18. The lowest BCUT2D eigenvalue weighted by atomic mass is 10.1. The van der Waals surface area contributed by atoms with Gasteiger partial charge >= 0.3 is 5.97 Å². The van der Waals surface area contributed by atoms with Gasteiger partial charge in [0.1, 0.15) is 6.54 Å². The predicted octanol–water partition coefficient (Wildman–Crippen LogP) is 2.19. The summed E-state index contributed by atoms with van der Waals surface area (Å²) in [4.78, 5) is 52.5. The van der Waals surface area contributed by atoms with Crippen molar-refractivity contribution in [3.05, 3.63) is 65.2 Å². The zero-order chi connectivity index (χ0) is 20.7. The van der Waals surface area contributed by atoms with E-state index in [4.69, 9.17) is 4.74 Å². The van der Waals surface area contributed by atoms with Gasteiger partial charge in [-0.2, -0.15) is 0 Å². The molecule has 0 saturated heterocycles. The summed E-state index contributed by atoms with van der Waals surface area (Å²) < 4.78 is 5.27. The van der Waals surface area contributed by atoms with Gasteiger partial charge in [-0.1, -0.05) is 30.3 Å². The lowest BCUT2D eigenvalue weighted by Crippen LogP contribution is -2.44. The van der Waals surface area contributed by atoms with Gasteiger partial charge < -0.3 is 9.64 Å². The lowest BCUT2D eigenvalue weighted by molar-refractivity contribution is -0.154. The van der Waals surface area contributed by atoms with Gasteiger partial charge in [-0.25, -0.2) is 0 Å². The summed E-state index contributed by atoms with van der Waals surface area (Å²) in [5.74, 6) is -2.22. The first kappa shape index (κ1) is 18.9. The monoisotopic (exact) mass is 392 g/mol. The number of fused-ring (bicyclic) bond motifs is 2. The Morgan fingerprint density at radius 1 is 1.03 bits per heavy atom. The Kier molecular flexibility index (Phi) is 4.66. The van der Waals surface area contributed by atoms with Crippen molar-refractivity contribution >= 4 is 29.4 Å². The highest BCUT2D eigenvalue weighted by molar-refractivity contribution is 6.22. The number of imide groups is 1. The summed E-state index contributed by atoms with van der Waals surface area (Å²) in [6, 6.07) is 14.0. The van der Waals surface area contributed by atoms with Gasteiger partial charge in [-0.15, -0.1) is 0 Å². The largest absolute Gasteiger partial charge is 0.451 e. The van der Waals surface area contributed by atoms with Gasteiger partial charge in [0.25, 0.3) is 17.7 Å². The zero-order valence-corrected chi connectivity index (χ0v) is 16.1. The topological polar surface area (TPSA) is 84.0 Å². The molecule has 29 heavy (non-hydrogen) atoms. The van der Waals surface area contributed by atoms with Gasteiger partial charge in [-0.3, -0.25) is 24.1 Å². The minimum atomic E-state index is -1.04. The molecule has 0 radical (unpaired) electrons. The Morgan fingerprint density at radius 2 is 1.62 bits per heavy atom. The molecule has 0 aromatic heterocycles. The molecule has 2 atom stereocenters. The number of carbonyl (C=O) groups excluding carboxylic acids is 4. The van der Waals surface area contributed by atoms with E-state index in [0.29, 0.717) is 0 Å². The van der Waals surface area contributed by atoms with E-state index in [1.807, 2.05) is 31.2 Å². The lowest BCUT2D eigenvalue weighted by Gasteiger charge is -2.26. The number of nitrogens with zero attached hydrogens (tertiary/aromatic N) is 2. The molecule has 2 aromatic rings. The molecule has 3 amide bonds. The van der Waals surface area contributed by atoms with Crippen molar-refractivity contribution in [2.75, 3.05) is 11.4 Å². The summed E-state index contributed by atoms with van der Waals surface area (Å²) in [6.07, 6.45) is -0.302. The second kappa shape index (κ2) is 7.16. The van der Waals surface area contributed by atoms with E-state index in [2.05, 4.69) is 0 Å². The number of anilines is 1. The van der Waals surface area contributed by atoms with Crippen LogP contribution in [0, 0.1) is 0 Å². The molecule has 2 heterocycles. The van der Waals surface area contributed by atoms with E-state index in [-0.39, 0.29) is 23.1 Å². The summed E-state index contributed by atoms with van der Waals surface area (Å²) in [6.45, 7) is 2.90. The zero-order valence-electron chi connectivity index (χ0n) is 16.1. The van der Waals surface area contributed by atoms with Crippen molar-refractivity contribution in [2.24, 2.45) is 0 Å². The van der Waals surface area contributed by atoms with E-state index in [0.717, 1.165) is 22.6 Å². The second-order valence-electron chi connectivity index (χ2n) is 7.26. The minimum Gasteiger partial charge on any atom is -0.451 e. The third-order valence-electron chi connectivity index (χ3n) is 5.27. The molecule has 0 saturated carbocycles. The quantitative estimate of drug-likeness (QED) is 0.588. The normalized spacial score (nSPS) is 18.5. The number of ether oxygens (including phenoxy) is 1. The molecule has 2 aliphatic rings.